The highest BCUT2D eigenvalue weighted by Crippen LogP contribution is 2.34. The summed E-state index contributed by atoms with van der Waals surface area (Å²) in [7, 11) is 0. The molecule has 2 aromatic carbocycles. The first-order valence-electron chi connectivity index (χ1n) is 8.08. The number of aromatic nitrogens is 2. The second kappa shape index (κ2) is 6.58. The third kappa shape index (κ3) is 3.01. The van der Waals surface area contributed by atoms with Gasteiger partial charge >= 0.3 is 0 Å². The Hall–Kier alpha value is -3.08. The molecular weight excluding hydrogens is 298 g/mol. The van der Waals surface area contributed by atoms with Crippen molar-refractivity contribution in [2.75, 3.05) is 22.5 Å². The van der Waals surface area contributed by atoms with Gasteiger partial charge in [0.05, 0.1) is 6.04 Å². The van der Waals surface area contributed by atoms with Crippen LogP contribution in [0.15, 0.2) is 67.0 Å². The average molecular weight is 317 g/mol. The molecule has 1 aromatic heterocycles. The minimum absolute atomic E-state index is 0.196. The molecule has 3 N–H and O–H groups in total. The van der Waals surface area contributed by atoms with E-state index in [-0.39, 0.29) is 6.04 Å². The lowest BCUT2D eigenvalue weighted by molar-refractivity contribution is 0.793. The van der Waals surface area contributed by atoms with Gasteiger partial charge in [-0.3, -0.25) is 0 Å². The van der Waals surface area contributed by atoms with E-state index in [2.05, 4.69) is 62.3 Å². The van der Waals surface area contributed by atoms with E-state index >= 15 is 0 Å². The zero-order valence-electron chi connectivity index (χ0n) is 13.2. The maximum Gasteiger partial charge on any atom is 0.155 e. The van der Waals surface area contributed by atoms with Crippen molar-refractivity contribution in [3.8, 4) is 0 Å². The maximum atomic E-state index is 4.41. The predicted molar refractivity (Wildman–Crippen MR) is 97.1 cm³/mol. The molecule has 120 valence electrons. The lowest BCUT2D eigenvalue weighted by Crippen LogP contribution is -2.27. The van der Waals surface area contributed by atoms with E-state index in [4.69, 9.17) is 0 Å². The van der Waals surface area contributed by atoms with Gasteiger partial charge in [-0.1, -0.05) is 60.7 Å². The van der Waals surface area contributed by atoms with Crippen molar-refractivity contribution >= 4 is 17.3 Å². The molecule has 5 heteroatoms. The van der Waals surface area contributed by atoms with E-state index in [1.807, 2.05) is 24.3 Å². The topological polar surface area (TPSA) is 61.9 Å². The quantitative estimate of drug-likeness (QED) is 0.685. The Labute approximate surface area is 141 Å². The van der Waals surface area contributed by atoms with Gasteiger partial charge in [0, 0.05) is 13.1 Å². The Bertz CT molecular complexity index is 805. The highest BCUT2D eigenvalue weighted by molar-refractivity contribution is 5.79. The van der Waals surface area contributed by atoms with Crippen LogP contribution in [0.4, 0.5) is 17.3 Å². The smallest absolute Gasteiger partial charge is 0.155 e. The van der Waals surface area contributed by atoms with Crippen molar-refractivity contribution in [2.45, 2.75) is 12.6 Å². The zero-order valence-corrected chi connectivity index (χ0v) is 13.2. The number of nitrogens with one attached hydrogen (secondary N) is 3. The van der Waals surface area contributed by atoms with E-state index in [0.29, 0.717) is 0 Å². The largest absolute Gasteiger partial charge is 0.370 e. The van der Waals surface area contributed by atoms with Crippen LogP contribution in [0, 0.1) is 0 Å². The maximum absolute atomic E-state index is 4.41. The molecule has 1 aliphatic heterocycles. The molecule has 0 fully saturated rings. The summed E-state index contributed by atoms with van der Waals surface area (Å²) in [5.41, 5.74) is 3.38. The van der Waals surface area contributed by atoms with Crippen LogP contribution in [0.3, 0.4) is 0 Å². The van der Waals surface area contributed by atoms with Crippen molar-refractivity contribution in [1.29, 1.82) is 0 Å². The first kappa shape index (κ1) is 14.5. The zero-order chi connectivity index (χ0) is 16.2. The molecule has 0 amide bonds. The summed E-state index contributed by atoms with van der Waals surface area (Å²) in [5.74, 6) is 1.66. The SMILES string of the molecule is c1ccc(CNc2ncnc3c2NC(c2ccccc2)CN3)cc1. The Morgan fingerprint density at radius 3 is 2.50 bits per heavy atom. The first-order chi connectivity index (χ1) is 11.9. The van der Waals surface area contributed by atoms with Crippen molar-refractivity contribution in [3.63, 3.8) is 0 Å². The first-order valence-corrected chi connectivity index (χ1v) is 8.08. The molecule has 0 aliphatic carbocycles. The lowest BCUT2D eigenvalue weighted by atomic mass is 10.1. The number of benzene rings is 2. The third-order valence-corrected chi connectivity index (χ3v) is 4.14. The molecular formula is C19H19N5. The minimum Gasteiger partial charge on any atom is -0.370 e. The van der Waals surface area contributed by atoms with Gasteiger partial charge in [-0.05, 0) is 11.1 Å². The van der Waals surface area contributed by atoms with Crippen LogP contribution in [0.2, 0.25) is 0 Å². The number of fused-ring (bicyclic) bond motifs is 1. The minimum atomic E-state index is 0.196. The third-order valence-electron chi connectivity index (χ3n) is 4.14. The van der Waals surface area contributed by atoms with E-state index in [9.17, 15) is 0 Å². The highest BCUT2D eigenvalue weighted by Gasteiger charge is 2.22. The summed E-state index contributed by atoms with van der Waals surface area (Å²) in [4.78, 5) is 8.75. The summed E-state index contributed by atoms with van der Waals surface area (Å²) >= 11 is 0. The number of anilines is 3. The Morgan fingerprint density at radius 1 is 0.958 bits per heavy atom. The second-order valence-electron chi connectivity index (χ2n) is 5.77. The average Bonchev–Trinajstić information content (AvgIpc) is 2.67. The Morgan fingerprint density at radius 2 is 1.71 bits per heavy atom. The van der Waals surface area contributed by atoms with Crippen LogP contribution in [-0.4, -0.2) is 16.5 Å². The fourth-order valence-electron chi connectivity index (χ4n) is 2.88. The summed E-state index contributed by atoms with van der Waals surface area (Å²) in [6, 6.07) is 20.9. The monoisotopic (exact) mass is 317 g/mol. The summed E-state index contributed by atoms with van der Waals surface area (Å²) in [6.07, 6.45) is 1.59. The molecule has 1 unspecified atom stereocenters. The van der Waals surface area contributed by atoms with Crippen LogP contribution in [0.5, 0.6) is 0 Å². The van der Waals surface area contributed by atoms with E-state index < -0.39 is 0 Å². The standard InChI is InChI=1S/C19H19N5/c1-3-7-14(8-4-1)11-20-18-17-19(23-13-22-18)21-12-16(24-17)15-9-5-2-6-10-15/h1-10,13,16,24H,11-12H2,(H2,20,21,22,23). The molecule has 0 bridgehead atoms. The van der Waals surface area contributed by atoms with Gasteiger partial charge in [-0.2, -0.15) is 0 Å². The molecule has 0 radical (unpaired) electrons. The molecule has 0 saturated heterocycles. The van der Waals surface area contributed by atoms with Crippen LogP contribution in [0.1, 0.15) is 17.2 Å². The number of rotatable bonds is 4. The molecule has 0 spiro atoms. The van der Waals surface area contributed by atoms with E-state index in [0.717, 1.165) is 30.4 Å². The molecule has 1 atom stereocenters. The summed E-state index contributed by atoms with van der Waals surface area (Å²) in [6.45, 7) is 1.52. The van der Waals surface area contributed by atoms with Gasteiger partial charge in [0.15, 0.2) is 11.6 Å². The normalized spacial score (nSPS) is 15.8. The molecule has 5 nitrogen and oxygen atoms in total. The fraction of sp³-hybridized carbons (Fsp3) is 0.158. The van der Waals surface area contributed by atoms with Gasteiger partial charge in [0.25, 0.3) is 0 Å². The van der Waals surface area contributed by atoms with Gasteiger partial charge < -0.3 is 16.0 Å². The molecule has 4 rings (SSSR count). The Balaban J connectivity index is 1.55. The van der Waals surface area contributed by atoms with Crippen molar-refractivity contribution < 1.29 is 0 Å². The molecule has 3 aromatic rings. The van der Waals surface area contributed by atoms with Crippen LogP contribution < -0.4 is 16.0 Å². The number of hydrogen-bond acceptors (Lipinski definition) is 5. The predicted octanol–water partition coefficient (Wildman–Crippen LogP) is 3.67. The highest BCUT2D eigenvalue weighted by atomic mass is 15.2. The van der Waals surface area contributed by atoms with Crippen molar-refractivity contribution in [1.82, 2.24) is 9.97 Å². The van der Waals surface area contributed by atoms with Crippen LogP contribution in [-0.2, 0) is 6.54 Å². The number of hydrogen-bond donors (Lipinski definition) is 3. The van der Waals surface area contributed by atoms with E-state index in [1.54, 1.807) is 6.33 Å². The summed E-state index contributed by atoms with van der Waals surface area (Å²) < 4.78 is 0. The fourth-order valence-corrected chi connectivity index (χ4v) is 2.88. The molecule has 0 saturated carbocycles. The van der Waals surface area contributed by atoms with Gasteiger partial charge in [-0.15, -0.1) is 0 Å². The summed E-state index contributed by atoms with van der Waals surface area (Å²) in [5, 5.41) is 10.4. The second-order valence-corrected chi connectivity index (χ2v) is 5.77. The lowest BCUT2D eigenvalue weighted by Gasteiger charge is -2.29. The number of nitrogens with zero attached hydrogens (tertiary/aromatic N) is 2. The van der Waals surface area contributed by atoms with Crippen molar-refractivity contribution in [3.05, 3.63) is 78.1 Å². The molecule has 24 heavy (non-hydrogen) atoms. The molecule has 1 aliphatic rings. The molecule has 2 heterocycles. The van der Waals surface area contributed by atoms with Gasteiger partial charge in [0.2, 0.25) is 0 Å². The Kier molecular flexibility index (Phi) is 3.98. The van der Waals surface area contributed by atoms with Crippen molar-refractivity contribution in [2.24, 2.45) is 0 Å². The van der Waals surface area contributed by atoms with Gasteiger partial charge in [0.1, 0.15) is 12.0 Å². The van der Waals surface area contributed by atoms with Gasteiger partial charge in [-0.25, -0.2) is 9.97 Å². The van der Waals surface area contributed by atoms with Crippen LogP contribution in [0.25, 0.3) is 0 Å². The van der Waals surface area contributed by atoms with E-state index in [1.165, 1.54) is 11.1 Å². The van der Waals surface area contributed by atoms with Crippen LogP contribution >= 0.6 is 0 Å².